The topological polar surface area (TPSA) is 96.9 Å². The number of likely N-dealkylation sites (tertiary alicyclic amines) is 1. The van der Waals surface area contributed by atoms with Gasteiger partial charge in [0.1, 0.15) is 0 Å². The minimum absolute atomic E-state index is 0.00177. The molecule has 0 bridgehead atoms. The molecule has 0 aliphatic carbocycles. The molecule has 2 heterocycles. The molecule has 0 spiro atoms. The van der Waals surface area contributed by atoms with E-state index in [0.717, 1.165) is 6.42 Å². The third kappa shape index (κ3) is 4.05. The second-order valence-corrected chi connectivity index (χ2v) is 7.04. The van der Waals surface area contributed by atoms with Crippen LogP contribution in [0.4, 0.5) is 5.69 Å². The van der Waals surface area contributed by atoms with Crippen LogP contribution in [0.2, 0.25) is 0 Å². The Kier molecular flexibility index (Phi) is 5.77. The van der Waals surface area contributed by atoms with Gasteiger partial charge in [0, 0.05) is 32.3 Å². The van der Waals surface area contributed by atoms with Crippen LogP contribution < -0.4 is 0 Å². The molecule has 1 fully saturated rings. The van der Waals surface area contributed by atoms with Crippen LogP contribution in [0.1, 0.15) is 41.9 Å². The largest absolute Gasteiger partial charge is 0.459 e. The van der Waals surface area contributed by atoms with Gasteiger partial charge < -0.3 is 14.2 Å². The zero-order chi connectivity index (χ0) is 20.3. The number of carbonyl (C=O) groups is 2. The maximum absolute atomic E-state index is 13.0. The van der Waals surface area contributed by atoms with Crippen molar-refractivity contribution in [3.8, 4) is 0 Å². The van der Waals surface area contributed by atoms with Crippen molar-refractivity contribution in [3.05, 3.63) is 64.1 Å². The van der Waals surface area contributed by atoms with Crippen LogP contribution in [0, 0.1) is 16.0 Å². The molecule has 0 N–H and O–H groups in total. The van der Waals surface area contributed by atoms with Gasteiger partial charge in [0.2, 0.25) is 5.91 Å². The van der Waals surface area contributed by atoms with Crippen LogP contribution >= 0.6 is 0 Å². The van der Waals surface area contributed by atoms with E-state index in [0.29, 0.717) is 25.1 Å². The van der Waals surface area contributed by atoms with Gasteiger partial charge in [-0.1, -0.05) is 12.1 Å². The summed E-state index contributed by atoms with van der Waals surface area (Å²) in [7, 11) is 1.69. The molecule has 3 rings (SSSR count). The van der Waals surface area contributed by atoms with E-state index in [1.165, 1.54) is 18.4 Å². The molecule has 0 unspecified atom stereocenters. The monoisotopic (exact) mass is 385 g/mol. The van der Waals surface area contributed by atoms with Crippen LogP contribution in [0.5, 0.6) is 0 Å². The number of carbonyl (C=O) groups excluding carboxylic acids is 2. The Labute approximate surface area is 162 Å². The van der Waals surface area contributed by atoms with Crippen molar-refractivity contribution < 1.29 is 18.9 Å². The first-order chi connectivity index (χ1) is 13.4. The number of furan rings is 1. The average Bonchev–Trinajstić information content (AvgIpc) is 3.26. The Bertz CT molecular complexity index is 864. The Balaban J connectivity index is 1.69. The Morgan fingerprint density at radius 3 is 2.79 bits per heavy atom. The molecule has 1 aliphatic heterocycles. The Hall–Kier alpha value is -3.16. The Morgan fingerprint density at radius 2 is 2.11 bits per heavy atom. The predicted molar refractivity (Wildman–Crippen MR) is 102 cm³/mol. The third-order valence-corrected chi connectivity index (χ3v) is 5.28. The van der Waals surface area contributed by atoms with E-state index < -0.39 is 4.92 Å². The van der Waals surface area contributed by atoms with E-state index in [1.807, 2.05) is 6.92 Å². The molecule has 1 saturated heterocycles. The first-order valence-corrected chi connectivity index (χ1v) is 9.22. The molecule has 2 atom stereocenters. The zero-order valence-corrected chi connectivity index (χ0v) is 15.9. The van der Waals surface area contributed by atoms with Gasteiger partial charge in [0.25, 0.3) is 11.6 Å². The first-order valence-electron chi connectivity index (χ1n) is 9.22. The van der Waals surface area contributed by atoms with Crippen LogP contribution in [0.15, 0.2) is 47.1 Å². The molecule has 1 aromatic heterocycles. The molecule has 148 valence electrons. The fourth-order valence-corrected chi connectivity index (χ4v) is 3.52. The van der Waals surface area contributed by atoms with E-state index in [2.05, 4.69) is 0 Å². The number of hydrogen-bond acceptors (Lipinski definition) is 5. The van der Waals surface area contributed by atoms with E-state index in [4.69, 9.17) is 4.42 Å². The maximum atomic E-state index is 13.0. The quantitative estimate of drug-likeness (QED) is 0.581. The lowest BCUT2D eigenvalue weighted by Crippen LogP contribution is -2.46. The van der Waals surface area contributed by atoms with Crippen LogP contribution in [0.3, 0.4) is 0 Å². The molecule has 0 saturated carbocycles. The average molecular weight is 385 g/mol. The zero-order valence-electron chi connectivity index (χ0n) is 15.9. The number of amides is 2. The summed E-state index contributed by atoms with van der Waals surface area (Å²) in [5.41, 5.74) is 0.697. The number of nitro benzene ring substituents is 1. The molecular formula is C20H23N3O5. The fraction of sp³-hybridized carbons (Fsp3) is 0.400. The lowest BCUT2D eigenvalue weighted by atomic mass is 9.95. The summed E-state index contributed by atoms with van der Waals surface area (Å²) >= 11 is 0. The van der Waals surface area contributed by atoms with Gasteiger partial charge in [0.05, 0.1) is 23.1 Å². The maximum Gasteiger partial charge on any atom is 0.289 e. The molecule has 8 nitrogen and oxygen atoms in total. The molecule has 2 amide bonds. The summed E-state index contributed by atoms with van der Waals surface area (Å²) in [6, 6.07) is 9.27. The molecule has 1 aliphatic rings. The summed E-state index contributed by atoms with van der Waals surface area (Å²) < 4.78 is 5.18. The number of nitrogens with zero attached hydrogens (tertiary/aromatic N) is 3. The number of non-ortho nitro benzene ring substituents is 1. The molecular weight excluding hydrogens is 362 g/mol. The van der Waals surface area contributed by atoms with Gasteiger partial charge in [-0.25, -0.2) is 0 Å². The highest BCUT2D eigenvalue weighted by Gasteiger charge is 2.33. The lowest BCUT2D eigenvalue weighted by Gasteiger charge is -2.35. The molecule has 2 aromatic rings. The highest BCUT2D eigenvalue weighted by molar-refractivity contribution is 5.92. The SMILES string of the molecule is C[C@H](c1cccc([N+](=O)[O-])c1)N(C)C(=O)[C@H]1CCCN(C(=O)c2ccco2)C1. The third-order valence-electron chi connectivity index (χ3n) is 5.28. The van der Waals surface area contributed by atoms with Crippen molar-refractivity contribution in [2.45, 2.75) is 25.8 Å². The van der Waals surface area contributed by atoms with E-state index >= 15 is 0 Å². The van der Waals surface area contributed by atoms with Gasteiger partial charge in [-0.05, 0) is 37.5 Å². The fourth-order valence-electron chi connectivity index (χ4n) is 3.52. The van der Waals surface area contributed by atoms with Gasteiger partial charge in [-0.15, -0.1) is 0 Å². The van der Waals surface area contributed by atoms with E-state index in [-0.39, 0.29) is 35.2 Å². The first kappa shape index (κ1) is 19.6. The second-order valence-electron chi connectivity index (χ2n) is 7.04. The van der Waals surface area contributed by atoms with Gasteiger partial charge in [0.15, 0.2) is 5.76 Å². The van der Waals surface area contributed by atoms with Crippen LogP contribution in [-0.2, 0) is 4.79 Å². The van der Waals surface area contributed by atoms with Crippen molar-refractivity contribution in [1.29, 1.82) is 0 Å². The van der Waals surface area contributed by atoms with E-state index in [9.17, 15) is 19.7 Å². The van der Waals surface area contributed by atoms with Crippen molar-refractivity contribution in [3.63, 3.8) is 0 Å². The number of piperidine rings is 1. The number of rotatable bonds is 5. The number of hydrogen-bond donors (Lipinski definition) is 0. The smallest absolute Gasteiger partial charge is 0.289 e. The molecule has 28 heavy (non-hydrogen) atoms. The number of benzene rings is 1. The van der Waals surface area contributed by atoms with Crippen molar-refractivity contribution in [2.75, 3.05) is 20.1 Å². The Morgan fingerprint density at radius 1 is 1.32 bits per heavy atom. The summed E-state index contributed by atoms with van der Waals surface area (Å²) in [4.78, 5) is 39.3. The second kappa shape index (κ2) is 8.24. The summed E-state index contributed by atoms with van der Waals surface area (Å²) in [6.07, 6.45) is 2.89. The van der Waals surface area contributed by atoms with Crippen molar-refractivity contribution >= 4 is 17.5 Å². The van der Waals surface area contributed by atoms with Crippen LogP contribution in [0.25, 0.3) is 0 Å². The lowest BCUT2D eigenvalue weighted by molar-refractivity contribution is -0.384. The summed E-state index contributed by atoms with van der Waals surface area (Å²) in [5.74, 6) is -0.321. The number of nitro groups is 1. The van der Waals surface area contributed by atoms with Crippen LogP contribution in [-0.4, -0.2) is 46.7 Å². The van der Waals surface area contributed by atoms with Crippen molar-refractivity contribution in [1.82, 2.24) is 9.80 Å². The van der Waals surface area contributed by atoms with Crippen molar-refractivity contribution in [2.24, 2.45) is 5.92 Å². The van der Waals surface area contributed by atoms with E-state index in [1.54, 1.807) is 41.1 Å². The van der Waals surface area contributed by atoms with Gasteiger partial charge >= 0.3 is 0 Å². The summed E-state index contributed by atoms with van der Waals surface area (Å²) in [6.45, 7) is 2.77. The summed E-state index contributed by atoms with van der Waals surface area (Å²) in [5, 5.41) is 11.0. The predicted octanol–water partition coefficient (Wildman–Crippen LogP) is 3.26. The highest BCUT2D eigenvalue weighted by atomic mass is 16.6. The standard InChI is InChI=1S/C20H23N3O5/c1-14(15-6-3-8-17(12-15)23(26)27)21(2)19(24)16-7-4-10-22(13-16)20(25)18-9-5-11-28-18/h3,5-6,8-9,11-12,14,16H,4,7,10,13H2,1-2H3/t14-,16+/m1/s1. The van der Waals surface area contributed by atoms with Gasteiger partial charge in [-0.3, -0.25) is 19.7 Å². The van der Waals surface area contributed by atoms with Gasteiger partial charge in [-0.2, -0.15) is 0 Å². The minimum atomic E-state index is -0.447. The molecule has 0 radical (unpaired) electrons. The molecule has 8 heteroatoms. The highest BCUT2D eigenvalue weighted by Crippen LogP contribution is 2.27. The molecule has 1 aromatic carbocycles. The minimum Gasteiger partial charge on any atom is -0.459 e. The normalized spacial score (nSPS) is 17.8.